The summed E-state index contributed by atoms with van der Waals surface area (Å²) in [5.74, 6) is -0.386. The SMILES string of the molecule is CCCCN(CO)N=Nc1ccc(C(=O)OC)cc1. The maximum absolute atomic E-state index is 11.2. The lowest BCUT2D eigenvalue weighted by Crippen LogP contribution is -2.18. The summed E-state index contributed by atoms with van der Waals surface area (Å²) in [5, 5.41) is 18.5. The van der Waals surface area contributed by atoms with E-state index in [1.54, 1.807) is 24.3 Å². The highest BCUT2D eigenvalue weighted by Gasteiger charge is 2.04. The van der Waals surface area contributed by atoms with Gasteiger partial charge in [-0.1, -0.05) is 18.6 Å². The number of esters is 1. The number of unbranched alkanes of at least 4 members (excludes halogenated alkanes) is 1. The minimum atomic E-state index is -0.386. The fraction of sp³-hybridized carbons (Fsp3) is 0.462. The van der Waals surface area contributed by atoms with Gasteiger partial charge in [-0.2, -0.15) is 0 Å². The van der Waals surface area contributed by atoms with Gasteiger partial charge in [0.1, 0.15) is 6.73 Å². The van der Waals surface area contributed by atoms with Gasteiger partial charge in [0.2, 0.25) is 0 Å². The summed E-state index contributed by atoms with van der Waals surface area (Å²) in [7, 11) is 1.34. The zero-order chi connectivity index (χ0) is 14.1. The zero-order valence-electron chi connectivity index (χ0n) is 11.2. The molecule has 0 aromatic heterocycles. The molecule has 0 fully saturated rings. The van der Waals surface area contributed by atoms with E-state index in [-0.39, 0.29) is 12.7 Å². The van der Waals surface area contributed by atoms with Crippen LogP contribution in [0.1, 0.15) is 30.1 Å². The first-order valence-electron chi connectivity index (χ1n) is 6.17. The van der Waals surface area contributed by atoms with Crippen LogP contribution in [0.3, 0.4) is 0 Å². The minimum Gasteiger partial charge on any atom is -0.465 e. The molecule has 0 saturated carbocycles. The van der Waals surface area contributed by atoms with E-state index in [0.29, 0.717) is 17.8 Å². The van der Waals surface area contributed by atoms with Gasteiger partial charge in [-0.05, 0) is 30.7 Å². The predicted molar refractivity (Wildman–Crippen MR) is 71.0 cm³/mol. The van der Waals surface area contributed by atoms with E-state index in [2.05, 4.69) is 22.0 Å². The van der Waals surface area contributed by atoms with Crippen molar-refractivity contribution in [2.75, 3.05) is 20.4 Å². The number of rotatable bonds is 7. The van der Waals surface area contributed by atoms with Crippen molar-refractivity contribution in [3.63, 3.8) is 0 Å². The first-order chi connectivity index (χ1) is 9.21. The first kappa shape index (κ1) is 15.1. The topological polar surface area (TPSA) is 74.5 Å². The Labute approximate surface area is 112 Å². The summed E-state index contributed by atoms with van der Waals surface area (Å²) in [6.45, 7) is 2.57. The van der Waals surface area contributed by atoms with E-state index in [1.807, 2.05) is 0 Å². The van der Waals surface area contributed by atoms with E-state index in [0.717, 1.165) is 12.8 Å². The number of carbonyl (C=O) groups excluding carboxylic acids is 1. The molecule has 0 saturated heterocycles. The largest absolute Gasteiger partial charge is 0.465 e. The van der Waals surface area contributed by atoms with Gasteiger partial charge in [0.15, 0.2) is 0 Å². The molecule has 0 radical (unpaired) electrons. The van der Waals surface area contributed by atoms with Gasteiger partial charge >= 0.3 is 5.97 Å². The third-order valence-corrected chi connectivity index (χ3v) is 2.51. The molecule has 0 aliphatic carbocycles. The molecule has 1 aromatic carbocycles. The number of aliphatic hydroxyl groups excluding tert-OH is 1. The van der Waals surface area contributed by atoms with Crippen molar-refractivity contribution in [1.82, 2.24) is 5.01 Å². The number of nitrogens with zero attached hydrogens (tertiary/aromatic N) is 3. The van der Waals surface area contributed by atoms with Crippen molar-refractivity contribution in [2.24, 2.45) is 10.3 Å². The second kappa shape index (κ2) is 8.20. The highest BCUT2D eigenvalue weighted by Crippen LogP contribution is 2.14. The molecule has 1 rings (SSSR count). The van der Waals surface area contributed by atoms with E-state index >= 15 is 0 Å². The third kappa shape index (κ3) is 5.05. The van der Waals surface area contributed by atoms with Crippen LogP contribution in [0.5, 0.6) is 0 Å². The second-order valence-electron chi connectivity index (χ2n) is 3.95. The summed E-state index contributed by atoms with van der Waals surface area (Å²) in [5.41, 5.74) is 1.08. The smallest absolute Gasteiger partial charge is 0.337 e. The molecule has 0 bridgehead atoms. The fourth-order valence-electron chi connectivity index (χ4n) is 1.38. The number of carbonyl (C=O) groups is 1. The van der Waals surface area contributed by atoms with Crippen LogP contribution in [0.15, 0.2) is 34.6 Å². The summed E-state index contributed by atoms with van der Waals surface area (Å²) in [4.78, 5) is 11.2. The van der Waals surface area contributed by atoms with Gasteiger partial charge in [-0.3, -0.25) is 5.01 Å². The summed E-state index contributed by atoms with van der Waals surface area (Å²) in [6.07, 6.45) is 1.97. The van der Waals surface area contributed by atoms with Crippen LogP contribution < -0.4 is 0 Å². The van der Waals surface area contributed by atoms with E-state index < -0.39 is 0 Å². The number of methoxy groups -OCH3 is 1. The summed E-state index contributed by atoms with van der Waals surface area (Å²) in [6, 6.07) is 6.58. The van der Waals surface area contributed by atoms with Gasteiger partial charge in [0.05, 0.1) is 18.4 Å². The monoisotopic (exact) mass is 265 g/mol. The van der Waals surface area contributed by atoms with Gasteiger partial charge in [-0.15, -0.1) is 5.11 Å². The molecule has 0 aliphatic rings. The maximum Gasteiger partial charge on any atom is 0.337 e. The average Bonchev–Trinajstić information content (AvgIpc) is 2.47. The molecule has 0 unspecified atom stereocenters. The molecular formula is C13H19N3O3. The Morgan fingerprint density at radius 1 is 1.37 bits per heavy atom. The molecule has 0 spiro atoms. The number of benzene rings is 1. The molecule has 0 heterocycles. The van der Waals surface area contributed by atoms with Crippen molar-refractivity contribution in [1.29, 1.82) is 0 Å². The Morgan fingerprint density at radius 2 is 2.05 bits per heavy atom. The van der Waals surface area contributed by atoms with Crippen LogP contribution in [-0.2, 0) is 4.74 Å². The summed E-state index contributed by atoms with van der Waals surface area (Å²) < 4.78 is 4.60. The molecule has 19 heavy (non-hydrogen) atoms. The van der Waals surface area contributed by atoms with Gasteiger partial charge in [0, 0.05) is 6.54 Å². The number of aliphatic hydroxyl groups is 1. The average molecular weight is 265 g/mol. The third-order valence-electron chi connectivity index (χ3n) is 2.51. The van der Waals surface area contributed by atoms with Crippen LogP contribution in [0.25, 0.3) is 0 Å². The molecule has 6 heteroatoms. The van der Waals surface area contributed by atoms with Crippen LogP contribution in [0.2, 0.25) is 0 Å². The van der Waals surface area contributed by atoms with Crippen molar-refractivity contribution in [3.05, 3.63) is 29.8 Å². The highest BCUT2D eigenvalue weighted by molar-refractivity contribution is 5.89. The molecule has 104 valence electrons. The lowest BCUT2D eigenvalue weighted by atomic mass is 10.2. The molecule has 0 atom stereocenters. The van der Waals surface area contributed by atoms with Crippen LogP contribution in [0.4, 0.5) is 5.69 Å². The Morgan fingerprint density at radius 3 is 2.58 bits per heavy atom. The van der Waals surface area contributed by atoms with E-state index in [1.165, 1.54) is 12.1 Å². The predicted octanol–water partition coefficient (Wildman–Crippen LogP) is 2.52. The van der Waals surface area contributed by atoms with Gasteiger partial charge < -0.3 is 9.84 Å². The Kier molecular flexibility index (Phi) is 6.52. The van der Waals surface area contributed by atoms with Crippen molar-refractivity contribution in [3.8, 4) is 0 Å². The molecule has 1 N–H and O–H groups in total. The minimum absolute atomic E-state index is 0.163. The number of ether oxygens (including phenoxy) is 1. The van der Waals surface area contributed by atoms with Gasteiger partial charge in [-0.25, -0.2) is 4.79 Å². The Hall–Kier alpha value is -1.95. The molecule has 0 amide bonds. The van der Waals surface area contributed by atoms with Crippen LogP contribution in [0, 0.1) is 0 Å². The zero-order valence-corrected chi connectivity index (χ0v) is 11.2. The molecular weight excluding hydrogens is 246 g/mol. The quantitative estimate of drug-likeness (QED) is 0.356. The lowest BCUT2D eigenvalue weighted by Gasteiger charge is -2.12. The Balaban J connectivity index is 2.63. The number of hydrogen-bond donors (Lipinski definition) is 1. The Bertz CT molecular complexity index is 418. The van der Waals surface area contributed by atoms with Crippen LogP contribution >= 0.6 is 0 Å². The normalized spacial score (nSPS) is 10.7. The maximum atomic E-state index is 11.2. The van der Waals surface area contributed by atoms with E-state index in [4.69, 9.17) is 5.11 Å². The number of hydrogen-bond acceptors (Lipinski definition) is 5. The second-order valence-corrected chi connectivity index (χ2v) is 3.95. The summed E-state index contributed by atoms with van der Waals surface area (Å²) >= 11 is 0. The van der Waals surface area contributed by atoms with Crippen molar-refractivity contribution >= 4 is 11.7 Å². The first-order valence-corrected chi connectivity index (χ1v) is 6.17. The van der Waals surface area contributed by atoms with Gasteiger partial charge in [0.25, 0.3) is 0 Å². The fourth-order valence-corrected chi connectivity index (χ4v) is 1.38. The molecule has 6 nitrogen and oxygen atoms in total. The lowest BCUT2D eigenvalue weighted by molar-refractivity contribution is 0.0601. The standard InChI is InChI=1S/C13H19N3O3/c1-3-4-9-16(10-17)15-14-12-7-5-11(6-8-12)13(18)19-2/h5-8,17H,3-4,9-10H2,1-2H3. The molecule has 0 aliphatic heterocycles. The highest BCUT2D eigenvalue weighted by atomic mass is 16.5. The van der Waals surface area contributed by atoms with Crippen molar-refractivity contribution in [2.45, 2.75) is 19.8 Å². The van der Waals surface area contributed by atoms with Crippen LogP contribution in [-0.4, -0.2) is 36.5 Å². The van der Waals surface area contributed by atoms with E-state index in [9.17, 15) is 4.79 Å². The van der Waals surface area contributed by atoms with Crippen molar-refractivity contribution < 1.29 is 14.6 Å². The molecule has 1 aromatic rings.